The molecule has 0 aromatic rings. The zero-order valence-corrected chi connectivity index (χ0v) is 10.4. The van der Waals surface area contributed by atoms with Crippen molar-refractivity contribution in [3.05, 3.63) is 0 Å². The van der Waals surface area contributed by atoms with Gasteiger partial charge in [-0.25, -0.2) is 4.79 Å². The van der Waals surface area contributed by atoms with Crippen LogP contribution in [0.15, 0.2) is 0 Å². The van der Waals surface area contributed by atoms with E-state index in [0.717, 1.165) is 0 Å². The van der Waals surface area contributed by atoms with Crippen LogP contribution >= 0.6 is 0 Å². The van der Waals surface area contributed by atoms with Gasteiger partial charge in [0.15, 0.2) is 6.10 Å². The zero-order valence-electron chi connectivity index (χ0n) is 10.4. The van der Waals surface area contributed by atoms with Gasteiger partial charge in [0.25, 0.3) is 0 Å². The molecule has 3 fully saturated rings. The van der Waals surface area contributed by atoms with E-state index >= 15 is 0 Å². The molecule has 0 unspecified atom stereocenters. The van der Waals surface area contributed by atoms with Gasteiger partial charge >= 0.3 is 5.97 Å². The van der Waals surface area contributed by atoms with E-state index in [4.69, 9.17) is 9.84 Å². The normalized spacial score (nSPS) is 39.0. The first kappa shape index (κ1) is 12.0. The maximum atomic E-state index is 12.4. The smallest absolute Gasteiger partial charge is 0.334 e. The topological polar surface area (TPSA) is 66.8 Å². The number of aliphatic carboxylic acids is 1. The number of ether oxygens (including phenoxy) is 1. The number of hydrogen-bond acceptors (Lipinski definition) is 3. The standard InChI is InChI=1S/C13H19NO4/c15-12(11-8-3-1-2-4-9(8)11)14-5-6-18-10(7-14)13(16)17/h8-11H,1-7H2,(H,16,17)/t8-,9-,10-/m0/s1. The molecule has 3 aliphatic rings. The van der Waals surface area contributed by atoms with Crippen LogP contribution in [0.25, 0.3) is 0 Å². The Morgan fingerprint density at radius 2 is 1.83 bits per heavy atom. The van der Waals surface area contributed by atoms with Crippen molar-refractivity contribution in [1.82, 2.24) is 4.90 Å². The van der Waals surface area contributed by atoms with Crippen LogP contribution in [-0.2, 0) is 14.3 Å². The summed E-state index contributed by atoms with van der Waals surface area (Å²) in [7, 11) is 0. The van der Waals surface area contributed by atoms with Gasteiger partial charge in [-0.2, -0.15) is 0 Å². The highest BCUT2D eigenvalue weighted by atomic mass is 16.5. The number of rotatable bonds is 2. The van der Waals surface area contributed by atoms with Gasteiger partial charge in [0.05, 0.1) is 13.2 Å². The third kappa shape index (κ3) is 2.00. The van der Waals surface area contributed by atoms with Crippen molar-refractivity contribution < 1.29 is 19.4 Å². The molecule has 0 aromatic heterocycles. The first-order chi connectivity index (χ1) is 8.68. The van der Waals surface area contributed by atoms with Crippen molar-refractivity contribution in [2.75, 3.05) is 19.7 Å². The number of fused-ring (bicyclic) bond motifs is 1. The Balaban J connectivity index is 1.61. The first-order valence-corrected chi connectivity index (χ1v) is 6.81. The highest BCUT2D eigenvalue weighted by Crippen LogP contribution is 2.56. The van der Waals surface area contributed by atoms with E-state index in [2.05, 4.69) is 0 Å². The Morgan fingerprint density at radius 1 is 1.17 bits per heavy atom. The number of morpholine rings is 1. The maximum absolute atomic E-state index is 12.4. The molecule has 1 amide bonds. The average molecular weight is 253 g/mol. The lowest BCUT2D eigenvalue weighted by molar-refractivity contribution is -0.159. The van der Waals surface area contributed by atoms with E-state index in [9.17, 15) is 9.59 Å². The summed E-state index contributed by atoms with van der Waals surface area (Å²) in [6.07, 6.45) is 3.99. The molecule has 18 heavy (non-hydrogen) atoms. The molecule has 1 heterocycles. The second-order valence-corrected chi connectivity index (χ2v) is 5.62. The summed E-state index contributed by atoms with van der Waals surface area (Å²) in [6, 6.07) is 0. The minimum atomic E-state index is -0.972. The number of carboxylic acid groups (broad SMARTS) is 1. The van der Waals surface area contributed by atoms with Crippen LogP contribution in [0.5, 0.6) is 0 Å². The highest BCUT2D eigenvalue weighted by Gasteiger charge is 2.56. The average Bonchev–Trinajstić information content (AvgIpc) is 3.12. The Bertz CT molecular complexity index is 358. The quantitative estimate of drug-likeness (QED) is 0.788. The fourth-order valence-electron chi connectivity index (χ4n) is 3.57. The fraction of sp³-hybridized carbons (Fsp3) is 0.846. The molecule has 2 saturated carbocycles. The van der Waals surface area contributed by atoms with Crippen molar-refractivity contribution in [3.63, 3.8) is 0 Å². The lowest BCUT2D eigenvalue weighted by Gasteiger charge is -2.31. The van der Waals surface area contributed by atoms with E-state index in [1.54, 1.807) is 4.90 Å². The fourth-order valence-corrected chi connectivity index (χ4v) is 3.57. The Labute approximate surface area is 106 Å². The first-order valence-electron chi connectivity index (χ1n) is 6.81. The number of carboxylic acids is 1. The minimum absolute atomic E-state index is 0.168. The van der Waals surface area contributed by atoms with Gasteiger partial charge in [0, 0.05) is 12.5 Å². The van der Waals surface area contributed by atoms with Gasteiger partial charge in [0.2, 0.25) is 5.91 Å². The lowest BCUT2D eigenvalue weighted by Crippen LogP contribution is -2.49. The molecule has 1 N–H and O–H groups in total. The zero-order chi connectivity index (χ0) is 12.7. The molecule has 5 heteroatoms. The van der Waals surface area contributed by atoms with Crippen molar-refractivity contribution >= 4 is 11.9 Å². The third-order valence-corrected chi connectivity index (χ3v) is 4.60. The van der Waals surface area contributed by atoms with Gasteiger partial charge < -0.3 is 14.7 Å². The van der Waals surface area contributed by atoms with E-state index in [1.807, 2.05) is 0 Å². The van der Waals surface area contributed by atoms with Crippen LogP contribution in [-0.4, -0.2) is 47.7 Å². The number of carbonyl (C=O) groups excluding carboxylic acids is 1. The Kier molecular flexibility index (Phi) is 3.01. The predicted molar refractivity (Wildman–Crippen MR) is 62.9 cm³/mol. The minimum Gasteiger partial charge on any atom is -0.479 e. The van der Waals surface area contributed by atoms with Gasteiger partial charge in [0.1, 0.15) is 0 Å². The summed E-state index contributed by atoms with van der Waals surface area (Å²) in [6.45, 7) is 1.09. The van der Waals surface area contributed by atoms with Crippen LogP contribution < -0.4 is 0 Å². The molecular weight excluding hydrogens is 234 g/mol. The van der Waals surface area contributed by atoms with Gasteiger partial charge in [-0.1, -0.05) is 12.8 Å². The number of hydrogen-bond donors (Lipinski definition) is 1. The molecule has 0 aromatic carbocycles. The molecular formula is C13H19NO4. The molecule has 5 nitrogen and oxygen atoms in total. The summed E-state index contributed by atoms with van der Waals surface area (Å²) in [5.41, 5.74) is 0. The maximum Gasteiger partial charge on any atom is 0.334 e. The van der Waals surface area contributed by atoms with Crippen LogP contribution in [0.1, 0.15) is 25.7 Å². The number of carbonyl (C=O) groups is 2. The van der Waals surface area contributed by atoms with Gasteiger partial charge in [-0.3, -0.25) is 4.79 Å². The number of nitrogens with zero attached hydrogens (tertiary/aromatic N) is 1. The summed E-state index contributed by atoms with van der Waals surface area (Å²) in [5.74, 6) is 0.539. The van der Waals surface area contributed by atoms with Crippen LogP contribution in [0.3, 0.4) is 0 Å². The van der Waals surface area contributed by atoms with E-state index in [-0.39, 0.29) is 18.4 Å². The molecule has 0 bridgehead atoms. The third-order valence-electron chi connectivity index (χ3n) is 4.60. The van der Waals surface area contributed by atoms with Crippen molar-refractivity contribution in [3.8, 4) is 0 Å². The second kappa shape index (κ2) is 4.53. The summed E-state index contributed by atoms with van der Waals surface area (Å²) >= 11 is 0. The molecule has 100 valence electrons. The predicted octanol–water partition coefficient (Wildman–Crippen LogP) is 0.735. The van der Waals surface area contributed by atoms with E-state index < -0.39 is 12.1 Å². The molecule has 2 aliphatic carbocycles. The van der Waals surface area contributed by atoms with Gasteiger partial charge in [-0.05, 0) is 24.7 Å². The van der Waals surface area contributed by atoms with Crippen molar-refractivity contribution in [2.45, 2.75) is 31.8 Å². The van der Waals surface area contributed by atoms with Gasteiger partial charge in [-0.15, -0.1) is 0 Å². The molecule has 3 atom stereocenters. The van der Waals surface area contributed by atoms with E-state index in [1.165, 1.54) is 25.7 Å². The van der Waals surface area contributed by atoms with Crippen LogP contribution in [0.4, 0.5) is 0 Å². The molecule has 0 radical (unpaired) electrons. The van der Waals surface area contributed by atoms with Crippen molar-refractivity contribution in [2.24, 2.45) is 17.8 Å². The largest absolute Gasteiger partial charge is 0.479 e. The van der Waals surface area contributed by atoms with Crippen LogP contribution in [0.2, 0.25) is 0 Å². The lowest BCUT2D eigenvalue weighted by atomic mass is 10.0. The molecule has 3 rings (SSSR count). The van der Waals surface area contributed by atoms with E-state index in [0.29, 0.717) is 25.0 Å². The summed E-state index contributed by atoms with van der Waals surface area (Å²) in [5, 5.41) is 8.94. The monoisotopic (exact) mass is 253 g/mol. The SMILES string of the molecule is O=C(O)[C@@H]1CN(C(=O)C2[C@H]3CCCC[C@H]23)CCO1. The summed E-state index contributed by atoms with van der Waals surface area (Å²) < 4.78 is 5.15. The van der Waals surface area contributed by atoms with Crippen LogP contribution in [0, 0.1) is 17.8 Å². The second-order valence-electron chi connectivity index (χ2n) is 5.62. The highest BCUT2D eigenvalue weighted by molar-refractivity contribution is 5.83. The summed E-state index contributed by atoms with van der Waals surface area (Å²) in [4.78, 5) is 25.0. The number of amides is 1. The Morgan fingerprint density at radius 3 is 2.44 bits per heavy atom. The molecule has 0 spiro atoms. The van der Waals surface area contributed by atoms with Crippen molar-refractivity contribution in [1.29, 1.82) is 0 Å². The Hall–Kier alpha value is -1.10. The molecule has 1 saturated heterocycles. The molecule has 1 aliphatic heterocycles.